The molecular weight excluding hydrogens is 493 g/mol. The van der Waals surface area contributed by atoms with Crippen LogP contribution in [0, 0.1) is 25.7 Å². The van der Waals surface area contributed by atoms with Crippen LogP contribution in [0.25, 0.3) is 5.70 Å². The summed E-state index contributed by atoms with van der Waals surface area (Å²) >= 11 is 0. The highest BCUT2D eigenvalue weighted by atomic mass is 19.4. The van der Waals surface area contributed by atoms with Crippen molar-refractivity contribution in [3.63, 3.8) is 0 Å². The predicted molar refractivity (Wildman–Crippen MR) is 159 cm³/mol. The van der Waals surface area contributed by atoms with Gasteiger partial charge in [-0.3, -0.25) is 4.90 Å². The molecule has 2 aromatic rings. The molecule has 1 N–H and O–H groups in total. The molecule has 0 bridgehead atoms. The van der Waals surface area contributed by atoms with Crippen molar-refractivity contribution in [3.8, 4) is 0 Å². The Morgan fingerprint density at radius 2 is 1.41 bits per heavy atom. The maximum Gasteiger partial charge on any atom is 0.416 e. The Bertz CT molecular complexity index is 1040. The second-order valence-corrected chi connectivity index (χ2v) is 11.1. The first kappa shape index (κ1) is 31.3. The van der Waals surface area contributed by atoms with Crippen LogP contribution in [-0.4, -0.2) is 23.5 Å². The maximum atomic E-state index is 13.4. The van der Waals surface area contributed by atoms with Crippen molar-refractivity contribution in [3.05, 3.63) is 76.9 Å². The van der Waals surface area contributed by atoms with Crippen molar-refractivity contribution in [2.75, 3.05) is 13.1 Å². The number of nitrogens with zero attached hydrogens (tertiary/aromatic N) is 1. The third kappa shape index (κ3) is 6.90. The van der Waals surface area contributed by atoms with Crippen LogP contribution in [0.2, 0.25) is 0 Å². The number of benzene rings is 2. The summed E-state index contributed by atoms with van der Waals surface area (Å²) in [7, 11) is 0. The normalized spacial score (nSPS) is 19.9. The average molecular weight is 543 g/mol. The standard InChI is InChI=1S/C30H37F3N2.2C2H6/c1-20-18-26(30(31,32)33)19-21(2)27(20)22(3)34-28(25-8-5-4-6-9-25)29(14-7-15-29)35-16-12-24(13-17-35)23-10-11-23;2*1-2/h4-6,8-9,18-19,23-24,28,34H,3,7,10-17H2,1-2H3;2*1-2H3. The van der Waals surface area contributed by atoms with Gasteiger partial charge in [0.2, 0.25) is 0 Å². The van der Waals surface area contributed by atoms with E-state index in [2.05, 4.69) is 41.1 Å². The molecule has 0 aromatic heterocycles. The van der Waals surface area contributed by atoms with E-state index in [1.54, 1.807) is 13.8 Å². The summed E-state index contributed by atoms with van der Waals surface area (Å²) in [6.45, 7) is 18.1. The van der Waals surface area contributed by atoms with E-state index >= 15 is 0 Å². The molecule has 3 aliphatic rings. The molecule has 0 spiro atoms. The minimum Gasteiger partial charge on any atom is -0.376 e. The molecule has 0 radical (unpaired) electrons. The molecule has 1 unspecified atom stereocenters. The summed E-state index contributed by atoms with van der Waals surface area (Å²) in [6, 6.07) is 13.1. The molecule has 2 saturated carbocycles. The van der Waals surface area contributed by atoms with Crippen molar-refractivity contribution < 1.29 is 13.2 Å². The zero-order valence-electron chi connectivity index (χ0n) is 24.9. The number of likely N-dealkylation sites (tertiary alicyclic amines) is 1. The largest absolute Gasteiger partial charge is 0.416 e. The zero-order valence-corrected chi connectivity index (χ0v) is 24.9. The van der Waals surface area contributed by atoms with Crippen molar-refractivity contribution in [2.45, 2.75) is 104 Å². The molecule has 5 heteroatoms. The van der Waals surface area contributed by atoms with Crippen LogP contribution in [0.3, 0.4) is 0 Å². The molecule has 1 atom stereocenters. The molecule has 1 heterocycles. The van der Waals surface area contributed by atoms with E-state index in [9.17, 15) is 13.2 Å². The van der Waals surface area contributed by atoms with Crippen LogP contribution in [-0.2, 0) is 6.18 Å². The third-order valence-electron chi connectivity index (χ3n) is 8.83. The number of rotatable bonds is 7. The minimum absolute atomic E-state index is 0.0204. The highest BCUT2D eigenvalue weighted by Crippen LogP contribution is 2.51. The Morgan fingerprint density at radius 3 is 1.85 bits per heavy atom. The van der Waals surface area contributed by atoms with Crippen molar-refractivity contribution in [2.24, 2.45) is 11.8 Å². The van der Waals surface area contributed by atoms with E-state index < -0.39 is 11.7 Å². The van der Waals surface area contributed by atoms with E-state index in [1.807, 2.05) is 33.8 Å². The van der Waals surface area contributed by atoms with E-state index in [-0.39, 0.29) is 11.6 Å². The first-order chi connectivity index (χ1) is 18.7. The summed E-state index contributed by atoms with van der Waals surface area (Å²) in [5.74, 6) is 1.85. The van der Waals surface area contributed by atoms with Crippen LogP contribution in [0.4, 0.5) is 13.2 Å². The Hall–Kier alpha value is -2.27. The highest BCUT2D eigenvalue weighted by Gasteiger charge is 2.50. The molecule has 1 saturated heterocycles. The lowest BCUT2D eigenvalue weighted by Crippen LogP contribution is -2.62. The molecular formula is C34H49F3N2. The van der Waals surface area contributed by atoms with Gasteiger partial charge in [-0.05, 0) is 113 Å². The smallest absolute Gasteiger partial charge is 0.376 e. The number of hydrogen-bond acceptors (Lipinski definition) is 2. The second kappa shape index (κ2) is 13.4. The molecule has 2 aromatic carbocycles. The molecule has 0 amide bonds. The van der Waals surface area contributed by atoms with Crippen LogP contribution in [0.5, 0.6) is 0 Å². The second-order valence-electron chi connectivity index (χ2n) is 11.1. The highest BCUT2D eigenvalue weighted by molar-refractivity contribution is 5.69. The van der Waals surface area contributed by atoms with Crippen molar-refractivity contribution in [1.29, 1.82) is 0 Å². The fraction of sp³-hybridized carbons (Fsp3) is 0.588. The van der Waals surface area contributed by atoms with Crippen LogP contribution in [0.15, 0.2) is 49.0 Å². The van der Waals surface area contributed by atoms with Crippen LogP contribution in [0.1, 0.15) is 106 Å². The Morgan fingerprint density at radius 1 is 0.897 bits per heavy atom. The van der Waals surface area contributed by atoms with Gasteiger partial charge in [-0.1, -0.05) is 64.6 Å². The number of alkyl halides is 3. The fourth-order valence-corrected chi connectivity index (χ4v) is 6.73. The van der Waals surface area contributed by atoms with Gasteiger partial charge in [0.1, 0.15) is 0 Å². The van der Waals surface area contributed by atoms with E-state index in [4.69, 9.17) is 0 Å². The minimum atomic E-state index is -4.35. The molecule has 2 nitrogen and oxygen atoms in total. The average Bonchev–Trinajstić information content (AvgIpc) is 3.76. The molecule has 5 rings (SSSR count). The molecule has 39 heavy (non-hydrogen) atoms. The summed E-state index contributed by atoms with van der Waals surface area (Å²) in [5.41, 5.74) is 3.36. The zero-order chi connectivity index (χ0) is 28.8. The van der Waals surface area contributed by atoms with Gasteiger partial charge >= 0.3 is 6.18 Å². The van der Waals surface area contributed by atoms with E-state index in [0.29, 0.717) is 16.8 Å². The van der Waals surface area contributed by atoms with Gasteiger partial charge in [0.05, 0.1) is 11.6 Å². The van der Waals surface area contributed by atoms with Crippen LogP contribution >= 0.6 is 0 Å². The SMILES string of the molecule is C=C(NC(c1ccccc1)C1(N2CCC(C3CC3)CC2)CCC1)c1c(C)cc(C(F)(F)F)cc1C.CC.CC. The lowest BCUT2D eigenvalue weighted by molar-refractivity contribution is -0.137. The van der Waals surface area contributed by atoms with Gasteiger partial charge in [0.15, 0.2) is 0 Å². The number of nitrogens with one attached hydrogen (secondary N) is 1. The maximum absolute atomic E-state index is 13.4. The Labute approximate surface area is 235 Å². The van der Waals surface area contributed by atoms with Gasteiger partial charge in [0.25, 0.3) is 0 Å². The summed E-state index contributed by atoms with van der Waals surface area (Å²) < 4.78 is 40.1. The van der Waals surface area contributed by atoms with Gasteiger partial charge < -0.3 is 5.32 Å². The summed E-state index contributed by atoms with van der Waals surface area (Å²) in [6.07, 6.45) is 4.51. The fourth-order valence-electron chi connectivity index (χ4n) is 6.73. The Balaban J connectivity index is 0.00000100. The Kier molecular flexibility index (Phi) is 10.7. The quantitative estimate of drug-likeness (QED) is 0.375. The molecule has 216 valence electrons. The van der Waals surface area contributed by atoms with Gasteiger partial charge in [0, 0.05) is 16.8 Å². The summed E-state index contributed by atoms with van der Waals surface area (Å²) in [5, 5.41) is 3.76. The lowest BCUT2D eigenvalue weighted by atomic mass is 9.67. The first-order valence-electron chi connectivity index (χ1n) is 15.1. The predicted octanol–water partition coefficient (Wildman–Crippen LogP) is 9.72. The first-order valence-corrected chi connectivity index (χ1v) is 15.1. The monoisotopic (exact) mass is 542 g/mol. The van der Waals surface area contributed by atoms with E-state index in [1.165, 1.54) is 49.8 Å². The number of piperidine rings is 1. The molecule has 2 aliphatic carbocycles. The van der Waals surface area contributed by atoms with Crippen molar-refractivity contribution >= 4 is 5.70 Å². The number of halogens is 3. The molecule has 1 aliphatic heterocycles. The van der Waals surface area contributed by atoms with Crippen LogP contribution < -0.4 is 5.32 Å². The van der Waals surface area contributed by atoms with E-state index in [0.717, 1.165) is 43.3 Å². The lowest BCUT2D eigenvalue weighted by Gasteiger charge is -2.57. The summed E-state index contributed by atoms with van der Waals surface area (Å²) in [4.78, 5) is 2.72. The number of hydrogen-bond donors (Lipinski definition) is 1. The third-order valence-corrected chi connectivity index (χ3v) is 8.83. The van der Waals surface area contributed by atoms with Gasteiger partial charge in [-0.25, -0.2) is 0 Å². The van der Waals surface area contributed by atoms with Crippen molar-refractivity contribution in [1.82, 2.24) is 10.2 Å². The number of aryl methyl sites for hydroxylation is 2. The van der Waals surface area contributed by atoms with Gasteiger partial charge in [-0.15, -0.1) is 0 Å². The topological polar surface area (TPSA) is 15.3 Å². The molecule has 3 fully saturated rings. The van der Waals surface area contributed by atoms with Gasteiger partial charge in [-0.2, -0.15) is 13.2 Å².